The molecule has 1 fully saturated rings. The van der Waals surface area contributed by atoms with E-state index in [-0.39, 0.29) is 17.8 Å². The molecule has 1 amide bonds. The summed E-state index contributed by atoms with van der Waals surface area (Å²) >= 11 is 3.21. The Morgan fingerprint density at radius 3 is 2.67 bits per heavy atom. The van der Waals surface area contributed by atoms with Gasteiger partial charge in [0.2, 0.25) is 0 Å². The van der Waals surface area contributed by atoms with Gasteiger partial charge in [0, 0.05) is 36.2 Å². The molecule has 2 aromatic carbocycles. The van der Waals surface area contributed by atoms with Crippen LogP contribution in [0.5, 0.6) is 0 Å². The lowest BCUT2D eigenvalue weighted by Gasteiger charge is -2.30. The van der Waals surface area contributed by atoms with E-state index >= 15 is 0 Å². The van der Waals surface area contributed by atoms with E-state index in [2.05, 4.69) is 21.2 Å². The van der Waals surface area contributed by atoms with E-state index in [4.69, 9.17) is 4.74 Å². The summed E-state index contributed by atoms with van der Waals surface area (Å²) < 4.78 is 19.4. The van der Waals surface area contributed by atoms with Crippen molar-refractivity contribution in [3.8, 4) is 0 Å². The molecule has 1 aliphatic heterocycles. The number of nitrogens with one attached hydrogen (secondary N) is 1. The normalized spacial score (nSPS) is 14.1. The predicted octanol–water partition coefficient (Wildman–Crippen LogP) is 3.26. The first-order valence-electron chi connectivity index (χ1n) is 8.28. The van der Waals surface area contributed by atoms with Gasteiger partial charge in [0.25, 0.3) is 11.6 Å². The minimum atomic E-state index is -0.538. The van der Waals surface area contributed by atoms with Crippen LogP contribution in [-0.4, -0.2) is 37.1 Å². The number of anilines is 1. The fraction of sp³-hybridized carbons (Fsp3) is 0.278. The Balaban J connectivity index is 1.84. The van der Waals surface area contributed by atoms with Gasteiger partial charge in [-0.25, -0.2) is 4.39 Å². The maximum Gasteiger partial charge on any atom is 0.270 e. The second kappa shape index (κ2) is 8.45. The highest BCUT2D eigenvalue weighted by molar-refractivity contribution is 9.10. The zero-order valence-electron chi connectivity index (χ0n) is 14.3. The zero-order valence-corrected chi connectivity index (χ0v) is 15.9. The van der Waals surface area contributed by atoms with Crippen molar-refractivity contribution in [2.24, 2.45) is 0 Å². The molecule has 142 valence electrons. The molecular formula is C18H17BrFN3O4. The number of ether oxygens (including phenoxy) is 1. The first-order valence-corrected chi connectivity index (χ1v) is 9.07. The minimum Gasteiger partial charge on any atom is -0.378 e. The first kappa shape index (κ1) is 19.2. The summed E-state index contributed by atoms with van der Waals surface area (Å²) in [5, 5.41) is 13.8. The number of amides is 1. The monoisotopic (exact) mass is 437 g/mol. The largest absolute Gasteiger partial charge is 0.378 e. The average molecular weight is 438 g/mol. The molecule has 1 saturated heterocycles. The van der Waals surface area contributed by atoms with E-state index in [0.29, 0.717) is 42.0 Å². The molecule has 27 heavy (non-hydrogen) atoms. The molecule has 0 spiro atoms. The van der Waals surface area contributed by atoms with Gasteiger partial charge in [-0.05, 0) is 29.8 Å². The van der Waals surface area contributed by atoms with E-state index in [9.17, 15) is 19.3 Å². The van der Waals surface area contributed by atoms with Gasteiger partial charge in [-0.1, -0.05) is 15.9 Å². The van der Waals surface area contributed by atoms with Gasteiger partial charge < -0.3 is 15.0 Å². The zero-order chi connectivity index (χ0) is 19.4. The number of nitrogens with zero attached hydrogens (tertiary/aromatic N) is 2. The van der Waals surface area contributed by atoms with Gasteiger partial charge in [0.15, 0.2) is 0 Å². The first-order chi connectivity index (χ1) is 12.9. The Kier molecular flexibility index (Phi) is 6.02. The highest BCUT2D eigenvalue weighted by atomic mass is 79.9. The summed E-state index contributed by atoms with van der Waals surface area (Å²) in [4.78, 5) is 25.3. The summed E-state index contributed by atoms with van der Waals surface area (Å²) in [5.41, 5.74) is 1.24. The summed E-state index contributed by atoms with van der Waals surface area (Å²) in [6, 6.07) is 8.56. The number of halogens is 2. The van der Waals surface area contributed by atoms with Gasteiger partial charge >= 0.3 is 0 Å². The number of nitro groups is 1. The highest BCUT2D eigenvalue weighted by Gasteiger charge is 2.22. The van der Waals surface area contributed by atoms with Gasteiger partial charge in [-0.2, -0.15) is 0 Å². The Bertz CT molecular complexity index is 851. The van der Waals surface area contributed by atoms with Crippen LogP contribution in [-0.2, 0) is 11.3 Å². The van der Waals surface area contributed by atoms with Crippen molar-refractivity contribution < 1.29 is 18.8 Å². The van der Waals surface area contributed by atoms with Crippen molar-refractivity contribution in [2.45, 2.75) is 6.54 Å². The number of rotatable bonds is 5. The Labute approximate surface area is 163 Å². The molecule has 2 aromatic rings. The van der Waals surface area contributed by atoms with Crippen molar-refractivity contribution in [3.63, 3.8) is 0 Å². The van der Waals surface area contributed by atoms with Gasteiger partial charge in [0.1, 0.15) is 5.82 Å². The van der Waals surface area contributed by atoms with Crippen LogP contribution in [0, 0.1) is 15.9 Å². The lowest BCUT2D eigenvalue weighted by molar-refractivity contribution is -0.384. The van der Waals surface area contributed by atoms with Crippen molar-refractivity contribution in [1.29, 1.82) is 0 Å². The van der Waals surface area contributed by atoms with Crippen LogP contribution in [0.3, 0.4) is 0 Å². The molecular weight excluding hydrogens is 421 g/mol. The third kappa shape index (κ3) is 4.81. The number of benzene rings is 2. The van der Waals surface area contributed by atoms with Gasteiger partial charge in [-0.3, -0.25) is 14.9 Å². The number of hydrogen-bond acceptors (Lipinski definition) is 5. The number of carbonyl (C=O) groups excluding carboxylic acids is 1. The second-order valence-corrected chi connectivity index (χ2v) is 6.93. The van der Waals surface area contributed by atoms with Crippen molar-refractivity contribution in [1.82, 2.24) is 5.32 Å². The summed E-state index contributed by atoms with van der Waals surface area (Å²) in [5.74, 6) is -0.876. The highest BCUT2D eigenvalue weighted by Crippen LogP contribution is 2.26. The Morgan fingerprint density at radius 2 is 2.00 bits per heavy atom. The molecule has 0 aliphatic carbocycles. The van der Waals surface area contributed by atoms with Gasteiger partial charge in [-0.15, -0.1) is 0 Å². The third-order valence-electron chi connectivity index (χ3n) is 4.16. The fourth-order valence-electron chi connectivity index (χ4n) is 2.89. The van der Waals surface area contributed by atoms with Crippen LogP contribution in [0.4, 0.5) is 15.8 Å². The number of hydrogen-bond donors (Lipinski definition) is 1. The van der Waals surface area contributed by atoms with Gasteiger partial charge in [0.05, 0.1) is 29.4 Å². The average Bonchev–Trinajstić information content (AvgIpc) is 2.65. The fourth-order valence-corrected chi connectivity index (χ4v) is 3.40. The molecule has 0 atom stereocenters. The Morgan fingerprint density at radius 1 is 1.26 bits per heavy atom. The maximum absolute atomic E-state index is 13.5. The lowest BCUT2D eigenvalue weighted by Crippen LogP contribution is -2.38. The molecule has 0 aromatic heterocycles. The SMILES string of the molecule is O=C(NCc1cc(F)cc(Br)c1)c1cc([N+](=O)[O-])ccc1N1CCOCC1. The molecule has 0 radical (unpaired) electrons. The molecule has 0 unspecified atom stereocenters. The van der Waals surface area contributed by atoms with E-state index in [1.54, 1.807) is 12.1 Å². The summed E-state index contributed by atoms with van der Waals surface area (Å²) in [6.07, 6.45) is 0. The lowest BCUT2D eigenvalue weighted by atomic mass is 10.1. The summed E-state index contributed by atoms with van der Waals surface area (Å²) in [7, 11) is 0. The van der Waals surface area contributed by atoms with Crippen LogP contribution >= 0.6 is 15.9 Å². The molecule has 1 heterocycles. The molecule has 3 rings (SSSR count). The molecule has 0 saturated carbocycles. The van der Waals surface area contributed by atoms with Crippen molar-refractivity contribution in [3.05, 3.63) is 67.9 Å². The number of carbonyl (C=O) groups is 1. The Hall–Kier alpha value is -2.52. The minimum absolute atomic E-state index is 0.0977. The number of nitro benzene ring substituents is 1. The van der Waals surface area contributed by atoms with Crippen LogP contribution in [0.15, 0.2) is 40.9 Å². The van der Waals surface area contributed by atoms with E-state index < -0.39 is 16.6 Å². The standard InChI is InChI=1S/C18H17BrFN3O4/c19-13-7-12(8-14(20)9-13)11-21-18(24)16-10-15(23(25)26)1-2-17(16)22-3-5-27-6-4-22/h1-2,7-10H,3-6,11H2,(H,21,24). The number of morpholine rings is 1. The molecule has 1 N–H and O–H groups in total. The third-order valence-corrected chi connectivity index (χ3v) is 4.62. The molecule has 1 aliphatic rings. The van der Waals surface area contributed by atoms with E-state index in [0.717, 1.165) is 0 Å². The van der Waals surface area contributed by atoms with E-state index in [1.165, 1.54) is 24.3 Å². The molecule has 0 bridgehead atoms. The summed E-state index contributed by atoms with van der Waals surface area (Å²) in [6.45, 7) is 2.33. The second-order valence-electron chi connectivity index (χ2n) is 6.02. The smallest absolute Gasteiger partial charge is 0.270 e. The van der Waals surface area contributed by atoms with Crippen molar-refractivity contribution >= 4 is 33.2 Å². The number of non-ortho nitro benzene ring substituents is 1. The molecule has 7 nitrogen and oxygen atoms in total. The maximum atomic E-state index is 13.5. The quantitative estimate of drug-likeness (QED) is 0.573. The predicted molar refractivity (Wildman–Crippen MR) is 101 cm³/mol. The topological polar surface area (TPSA) is 84.7 Å². The molecule has 9 heteroatoms. The van der Waals surface area contributed by atoms with Crippen LogP contribution < -0.4 is 10.2 Å². The van der Waals surface area contributed by atoms with E-state index in [1.807, 2.05) is 4.90 Å². The van der Waals surface area contributed by atoms with Crippen molar-refractivity contribution in [2.75, 3.05) is 31.2 Å². The van der Waals surface area contributed by atoms with Crippen LogP contribution in [0.2, 0.25) is 0 Å². The van der Waals surface area contributed by atoms with Crippen LogP contribution in [0.1, 0.15) is 15.9 Å². The van der Waals surface area contributed by atoms with Crippen LogP contribution in [0.25, 0.3) is 0 Å².